The van der Waals surface area contributed by atoms with Gasteiger partial charge in [-0.15, -0.1) is 0 Å². The number of pyridine rings is 1. The predicted octanol–water partition coefficient (Wildman–Crippen LogP) is 0.138. The van der Waals surface area contributed by atoms with Crippen LogP contribution in [0.1, 0.15) is 22.9 Å². The van der Waals surface area contributed by atoms with Crippen molar-refractivity contribution in [3.05, 3.63) is 35.3 Å². The van der Waals surface area contributed by atoms with Crippen molar-refractivity contribution in [2.24, 2.45) is 5.73 Å². The SMILES string of the molecule is Cc1cnc(N)c(C(N)c2cn[nH]n2)c1. The van der Waals surface area contributed by atoms with Gasteiger partial charge < -0.3 is 11.5 Å². The number of nitrogens with zero attached hydrogens (tertiary/aromatic N) is 3. The second kappa shape index (κ2) is 3.66. The Kier molecular flexibility index (Phi) is 2.34. The van der Waals surface area contributed by atoms with E-state index in [1.54, 1.807) is 12.4 Å². The number of hydrogen-bond acceptors (Lipinski definition) is 5. The maximum atomic E-state index is 5.99. The zero-order chi connectivity index (χ0) is 10.8. The highest BCUT2D eigenvalue weighted by Crippen LogP contribution is 2.21. The van der Waals surface area contributed by atoms with Crippen LogP contribution in [0.2, 0.25) is 0 Å². The van der Waals surface area contributed by atoms with E-state index in [0.29, 0.717) is 11.5 Å². The van der Waals surface area contributed by atoms with Gasteiger partial charge in [-0.2, -0.15) is 15.4 Å². The molecule has 0 aliphatic carbocycles. The van der Waals surface area contributed by atoms with Gasteiger partial charge in [0.25, 0.3) is 0 Å². The first-order valence-electron chi connectivity index (χ1n) is 4.51. The van der Waals surface area contributed by atoms with Crippen LogP contribution in [-0.2, 0) is 0 Å². The van der Waals surface area contributed by atoms with Crippen molar-refractivity contribution in [3.8, 4) is 0 Å². The Balaban J connectivity index is 2.41. The van der Waals surface area contributed by atoms with Crippen molar-refractivity contribution in [3.63, 3.8) is 0 Å². The number of nitrogens with two attached hydrogens (primary N) is 2. The Bertz CT molecular complexity index is 450. The minimum atomic E-state index is -0.392. The number of rotatable bonds is 2. The molecule has 0 aromatic carbocycles. The highest BCUT2D eigenvalue weighted by molar-refractivity contribution is 5.45. The summed E-state index contributed by atoms with van der Waals surface area (Å²) in [4.78, 5) is 4.05. The fraction of sp³-hybridized carbons (Fsp3) is 0.222. The van der Waals surface area contributed by atoms with Crippen LogP contribution in [0, 0.1) is 6.92 Å². The van der Waals surface area contributed by atoms with E-state index in [2.05, 4.69) is 20.4 Å². The average Bonchev–Trinajstić information content (AvgIpc) is 2.74. The minimum Gasteiger partial charge on any atom is -0.383 e. The lowest BCUT2D eigenvalue weighted by molar-refractivity contribution is 0.806. The van der Waals surface area contributed by atoms with E-state index >= 15 is 0 Å². The van der Waals surface area contributed by atoms with Gasteiger partial charge in [-0.1, -0.05) is 0 Å². The number of nitrogens with one attached hydrogen (secondary N) is 1. The van der Waals surface area contributed by atoms with Gasteiger partial charge in [0.15, 0.2) is 0 Å². The summed E-state index contributed by atoms with van der Waals surface area (Å²) in [6, 6.07) is 1.51. The summed E-state index contributed by atoms with van der Waals surface area (Å²) in [6.45, 7) is 1.94. The predicted molar refractivity (Wildman–Crippen MR) is 55.8 cm³/mol. The Morgan fingerprint density at radius 3 is 2.87 bits per heavy atom. The molecule has 0 fully saturated rings. The van der Waals surface area contributed by atoms with Crippen LogP contribution < -0.4 is 11.5 Å². The fourth-order valence-electron chi connectivity index (χ4n) is 1.37. The average molecular weight is 204 g/mol. The molecule has 2 aromatic rings. The molecule has 0 aliphatic heterocycles. The second-order valence-corrected chi connectivity index (χ2v) is 3.36. The minimum absolute atomic E-state index is 0.392. The highest BCUT2D eigenvalue weighted by Gasteiger charge is 2.15. The number of nitrogen functional groups attached to an aromatic ring is 1. The number of aromatic amines is 1. The van der Waals surface area contributed by atoms with Crippen LogP contribution in [-0.4, -0.2) is 20.4 Å². The first-order valence-corrected chi connectivity index (χ1v) is 4.51. The molecule has 0 saturated heterocycles. The first-order chi connectivity index (χ1) is 7.18. The number of anilines is 1. The van der Waals surface area contributed by atoms with E-state index in [1.165, 1.54) is 0 Å². The molecule has 1 unspecified atom stereocenters. The lowest BCUT2D eigenvalue weighted by Crippen LogP contribution is -2.15. The van der Waals surface area contributed by atoms with Crippen molar-refractivity contribution in [1.29, 1.82) is 0 Å². The summed E-state index contributed by atoms with van der Waals surface area (Å²) < 4.78 is 0. The third kappa shape index (κ3) is 1.79. The fourth-order valence-corrected chi connectivity index (χ4v) is 1.37. The summed E-state index contributed by atoms with van der Waals surface area (Å²) in [6.07, 6.45) is 3.28. The highest BCUT2D eigenvalue weighted by atomic mass is 15.3. The van der Waals surface area contributed by atoms with Crippen molar-refractivity contribution < 1.29 is 0 Å². The quantitative estimate of drug-likeness (QED) is 0.645. The smallest absolute Gasteiger partial charge is 0.128 e. The Morgan fingerprint density at radius 1 is 1.40 bits per heavy atom. The van der Waals surface area contributed by atoms with Gasteiger partial charge in [0.2, 0.25) is 0 Å². The lowest BCUT2D eigenvalue weighted by Gasteiger charge is -2.11. The van der Waals surface area contributed by atoms with Crippen LogP contribution in [0.5, 0.6) is 0 Å². The Hall–Kier alpha value is -1.95. The zero-order valence-corrected chi connectivity index (χ0v) is 8.31. The molecule has 2 aromatic heterocycles. The van der Waals surface area contributed by atoms with Crippen molar-refractivity contribution >= 4 is 5.82 Å². The molecule has 0 amide bonds. The Morgan fingerprint density at radius 2 is 2.20 bits per heavy atom. The van der Waals surface area contributed by atoms with Crippen LogP contribution in [0.3, 0.4) is 0 Å². The molecule has 6 nitrogen and oxygen atoms in total. The van der Waals surface area contributed by atoms with Gasteiger partial charge in [0.1, 0.15) is 11.5 Å². The first kappa shape index (κ1) is 9.60. The third-order valence-electron chi connectivity index (χ3n) is 2.17. The molecule has 6 heteroatoms. The van der Waals surface area contributed by atoms with Crippen LogP contribution in [0.25, 0.3) is 0 Å². The van der Waals surface area contributed by atoms with E-state index in [9.17, 15) is 0 Å². The molecule has 0 spiro atoms. The van der Waals surface area contributed by atoms with E-state index in [0.717, 1.165) is 11.1 Å². The molecule has 5 N–H and O–H groups in total. The molecule has 0 saturated carbocycles. The van der Waals surface area contributed by atoms with Gasteiger partial charge >= 0.3 is 0 Å². The molecule has 0 radical (unpaired) electrons. The summed E-state index contributed by atoms with van der Waals surface area (Å²) in [5, 5.41) is 10.1. The summed E-state index contributed by atoms with van der Waals surface area (Å²) in [7, 11) is 0. The molecule has 0 aliphatic rings. The molecular weight excluding hydrogens is 192 g/mol. The van der Waals surface area contributed by atoms with Gasteiger partial charge in [0, 0.05) is 11.8 Å². The maximum Gasteiger partial charge on any atom is 0.128 e. The molecule has 2 heterocycles. The van der Waals surface area contributed by atoms with E-state index in [4.69, 9.17) is 11.5 Å². The molecular formula is C9H12N6. The van der Waals surface area contributed by atoms with E-state index in [1.807, 2.05) is 13.0 Å². The van der Waals surface area contributed by atoms with Gasteiger partial charge in [0.05, 0.1) is 12.2 Å². The summed E-state index contributed by atoms with van der Waals surface area (Å²) in [5.41, 5.74) is 14.2. The van der Waals surface area contributed by atoms with Gasteiger partial charge in [-0.3, -0.25) is 0 Å². The number of aryl methyl sites for hydroxylation is 1. The van der Waals surface area contributed by atoms with E-state index < -0.39 is 6.04 Å². The molecule has 15 heavy (non-hydrogen) atoms. The normalized spacial score (nSPS) is 12.7. The molecule has 0 bridgehead atoms. The zero-order valence-electron chi connectivity index (χ0n) is 8.31. The van der Waals surface area contributed by atoms with Crippen molar-refractivity contribution in [1.82, 2.24) is 20.4 Å². The third-order valence-corrected chi connectivity index (χ3v) is 2.17. The standard InChI is InChI=1S/C9H12N6/c1-5-2-6(9(11)12-3-5)8(10)7-4-13-15-14-7/h2-4,8H,10H2,1H3,(H2,11,12)(H,13,14,15). The van der Waals surface area contributed by atoms with Crippen LogP contribution in [0.4, 0.5) is 5.82 Å². The van der Waals surface area contributed by atoms with Gasteiger partial charge in [-0.25, -0.2) is 4.98 Å². The number of H-pyrrole nitrogens is 1. The van der Waals surface area contributed by atoms with Gasteiger partial charge in [-0.05, 0) is 18.6 Å². The second-order valence-electron chi connectivity index (χ2n) is 3.36. The monoisotopic (exact) mass is 204 g/mol. The van der Waals surface area contributed by atoms with Crippen LogP contribution in [0.15, 0.2) is 18.5 Å². The van der Waals surface area contributed by atoms with Crippen molar-refractivity contribution in [2.75, 3.05) is 5.73 Å². The summed E-state index contributed by atoms with van der Waals surface area (Å²) in [5.74, 6) is 0.427. The maximum absolute atomic E-state index is 5.99. The summed E-state index contributed by atoms with van der Waals surface area (Å²) >= 11 is 0. The van der Waals surface area contributed by atoms with Crippen LogP contribution >= 0.6 is 0 Å². The number of aromatic nitrogens is 4. The van der Waals surface area contributed by atoms with E-state index in [-0.39, 0.29) is 0 Å². The topological polar surface area (TPSA) is 106 Å². The van der Waals surface area contributed by atoms with Crippen molar-refractivity contribution in [2.45, 2.75) is 13.0 Å². The largest absolute Gasteiger partial charge is 0.383 e. The number of hydrogen-bond donors (Lipinski definition) is 3. The Labute approximate surface area is 86.7 Å². The molecule has 2 rings (SSSR count). The lowest BCUT2D eigenvalue weighted by atomic mass is 10.0. The molecule has 78 valence electrons. The molecule has 1 atom stereocenters.